The van der Waals surface area contributed by atoms with E-state index in [0.717, 1.165) is 96.2 Å². The van der Waals surface area contributed by atoms with Crippen LogP contribution in [0.4, 0.5) is 0 Å². The van der Waals surface area contributed by atoms with Crippen LogP contribution in [0.15, 0.2) is 24.3 Å². The quantitative estimate of drug-likeness (QED) is 0.161. The minimum absolute atomic E-state index is 0.0378. The number of nitrogens with one attached hydrogen (secondary N) is 2. The third-order valence-corrected chi connectivity index (χ3v) is 10.5. The number of allylic oxidation sites excluding steroid dienone is 2. The molecule has 3 aromatic heterocycles. The van der Waals surface area contributed by atoms with Gasteiger partial charge in [-0.05, 0) is 109 Å². The smallest absolute Gasteiger partial charge is 0.111 e. The van der Waals surface area contributed by atoms with Crippen LogP contribution >= 0.6 is 0 Å². The molecule has 8 bridgehead atoms. The second-order valence-corrected chi connectivity index (χ2v) is 12.7. The van der Waals surface area contributed by atoms with E-state index >= 15 is 0 Å². The molecule has 7 heteroatoms. The zero-order chi connectivity index (χ0) is 33.2. The molecule has 46 heavy (non-hydrogen) atoms. The van der Waals surface area contributed by atoms with Gasteiger partial charge in [0, 0.05) is 27.5 Å². The number of aromatic nitrogens is 4. The van der Waals surface area contributed by atoms with E-state index in [0.29, 0.717) is 0 Å². The van der Waals surface area contributed by atoms with E-state index < -0.39 is 11.5 Å². The molecule has 5 rings (SSSR count). The number of H-pyrrole nitrogens is 2. The van der Waals surface area contributed by atoms with Crippen LogP contribution in [-0.2, 0) is 35.8 Å². The van der Waals surface area contributed by atoms with Crippen molar-refractivity contribution in [1.82, 2.24) is 19.9 Å². The maximum absolute atomic E-state index is 10.3. The van der Waals surface area contributed by atoms with Crippen LogP contribution in [0, 0.1) is 0 Å². The Hall–Kier alpha value is -3.26. The topological polar surface area (TPSA) is 107 Å². The van der Waals surface area contributed by atoms with Crippen molar-refractivity contribution in [3.63, 3.8) is 0 Å². The lowest BCUT2D eigenvalue weighted by Gasteiger charge is -2.34. The van der Waals surface area contributed by atoms with Crippen molar-refractivity contribution in [1.29, 1.82) is 0 Å². The summed E-state index contributed by atoms with van der Waals surface area (Å²) in [6, 6.07) is 8.95. The molecule has 0 spiro atoms. The van der Waals surface area contributed by atoms with Crippen molar-refractivity contribution in [3.8, 4) is 0 Å². The van der Waals surface area contributed by atoms with Gasteiger partial charge in [0.2, 0.25) is 0 Å². The molecule has 4 N–H and O–H groups in total. The normalized spacial score (nSPS) is 16.8. The Kier molecular flexibility index (Phi) is 10.6. The van der Waals surface area contributed by atoms with Crippen molar-refractivity contribution in [2.45, 2.75) is 124 Å². The van der Waals surface area contributed by atoms with E-state index in [1.54, 1.807) is 0 Å². The highest BCUT2D eigenvalue weighted by molar-refractivity contribution is 5.93. The van der Waals surface area contributed by atoms with Gasteiger partial charge in [-0.15, -0.1) is 0 Å². The fourth-order valence-corrected chi connectivity index (χ4v) is 8.01. The van der Waals surface area contributed by atoms with Crippen LogP contribution in [0.2, 0.25) is 0 Å². The Balaban J connectivity index is 1.98. The first-order valence-corrected chi connectivity index (χ1v) is 17.7. The van der Waals surface area contributed by atoms with E-state index in [2.05, 4.69) is 89.6 Å². The van der Waals surface area contributed by atoms with Gasteiger partial charge >= 0.3 is 0 Å². The summed E-state index contributed by atoms with van der Waals surface area (Å²) >= 11 is 0. The molecule has 0 saturated heterocycles. The lowest BCUT2D eigenvalue weighted by Crippen LogP contribution is -2.33. The van der Waals surface area contributed by atoms with E-state index in [1.807, 2.05) is 0 Å². The average Bonchev–Trinajstić information content (AvgIpc) is 3.77. The Bertz CT molecular complexity index is 1760. The number of fused-ring (bicyclic) bond motifs is 8. The zero-order valence-corrected chi connectivity index (χ0v) is 29.2. The van der Waals surface area contributed by atoms with Crippen molar-refractivity contribution in [2.24, 2.45) is 0 Å². The second kappa shape index (κ2) is 14.2. The lowest BCUT2D eigenvalue weighted by atomic mass is 9.74. The number of aliphatic hydroxyl groups excluding tert-OH is 2. The third-order valence-electron chi connectivity index (χ3n) is 10.5. The average molecular weight is 627 g/mol. The minimum atomic E-state index is -0.952. The summed E-state index contributed by atoms with van der Waals surface area (Å²) in [5.74, 6) is 0. The Labute approximate surface area is 274 Å². The molecule has 7 nitrogen and oxygen atoms in total. The van der Waals surface area contributed by atoms with Gasteiger partial charge in [0.05, 0.1) is 36.0 Å². The molecule has 0 saturated carbocycles. The Morgan fingerprint density at radius 2 is 1.15 bits per heavy atom. The first kappa shape index (κ1) is 34.1. The summed E-state index contributed by atoms with van der Waals surface area (Å²) in [6.45, 7) is 17.4. The van der Waals surface area contributed by atoms with Crippen LogP contribution in [0.5, 0.6) is 0 Å². The molecule has 0 aromatic carbocycles. The Morgan fingerprint density at radius 3 is 1.61 bits per heavy atom. The third kappa shape index (κ3) is 5.75. The number of aryl methyl sites for hydroxylation is 4. The molecule has 0 amide bonds. The SMILES string of the molecule is CCC1=C(CC)c2cc3[nH]c(cc4[nH]c(cc5nc(cc1n2)C(CC)(CC)C5OCC(O)CO)c(CC)c4CC)c(CC)c3CC. The van der Waals surface area contributed by atoms with Crippen LogP contribution in [0.1, 0.15) is 132 Å². The lowest BCUT2D eigenvalue weighted by molar-refractivity contribution is -0.0590. The van der Waals surface area contributed by atoms with Crippen LogP contribution in [-0.4, -0.2) is 49.5 Å². The maximum atomic E-state index is 10.3. The largest absolute Gasteiger partial charge is 0.394 e. The second-order valence-electron chi connectivity index (χ2n) is 12.7. The number of hydrogen-bond donors (Lipinski definition) is 4. The fourth-order valence-electron chi connectivity index (χ4n) is 8.01. The summed E-state index contributed by atoms with van der Waals surface area (Å²) < 4.78 is 6.54. The molecule has 5 heterocycles. The molecular formula is C39H54N4O3. The highest BCUT2D eigenvalue weighted by Crippen LogP contribution is 2.49. The van der Waals surface area contributed by atoms with Gasteiger partial charge in [-0.3, -0.25) is 4.98 Å². The highest BCUT2D eigenvalue weighted by atomic mass is 16.5. The van der Waals surface area contributed by atoms with Gasteiger partial charge in [-0.2, -0.15) is 0 Å². The predicted molar refractivity (Wildman–Crippen MR) is 190 cm³/mol. The highest BCUT2D eigenvalue weighted by Gasteiger charge is 2.46. The number of hydrogen-bond acceptors (Lipinski definition) is 5. The first-order valence-electron chi connectivity index (χ1n) is 17.7. The molecular weight excluding hydrogens is 572 g/mol. The summed E-state index contributed by atoms with van der Waals surface area (Å²) in [4.78, 5) is 18.3. The van der Waals surface area contributed by atoms with Gasteiger partial charge in [-0.1, -0.05) is 55.4 Å². The molecule has 248 valence electrons. The van der Waals surface area contributed by atoms with E-state index in [-0.39, 0.29) is 19.3 Å². The fraction of sp³-hybridized carbons (Fsp3) is 0.538. The van der Waals surface area contributed by atoms with Crippen molar-refractivity contribution >= 4 is 33.2 Å². The minimum Gasteiger partial charge on any atom is -0.394 e. The van der Waals surface area contributed by atoms with E-state index in [1.165, 1.54) is 33.4 Å². The molecule has 2 aliphatic heterocycles. The maximum Gasteiger partial charge on any atom is 0.111 e. The standard InChI is InChI=1S/C39H54N4O3/c1-9-24-25(10-2)31-18-33-28(13-5)29(14-6)35(42-33)20-37-39(15-7,16-8)38(46-22-23(45)21-44)36(43-37)19-34-27(12-4)26(11-3)32(41-34)17-30(24)40-31/h17-20,23,38,40-41,44-45H,9-16,21-22H2,1-8H3. The van der Waals surface area contributed by atoms with Crippen LogP contribution < -0.4 is 0 Å². The van der Waals surface area contributed by atoms with Gasteiger partial charge in [0.1, 0.15) is 12.2 Å². The van der Waals surface area contributed by atoms with Gasteiger partial charge in [0.25, 0.3) is 0 Å². The predicted octanol–water partition coefficient (Wildman–Crippen LogP) is 8.46. The van der Waals surface area contributed by atoms with Crippen molar-refractivity contribution < 1.29 is 14.9 Å². The molecule has 0 aliphatic carbocycles. The van der Waals surface area contributed by atoms with Crippen LogP contribution in [0.3, 0.4) is 0 Å². The van der Waals surface area contributed by atoms with E-state index in [4.69, 9.17) is 14.7 Å². The van der Waals surface area contributed by atoms with Crippen molar-refractivity contribution in [2.75, 3.05) is 13.2 Å². The molecule has 0 fully saturated rings. The van der Waals surface area contributed by atoms with Gasteiger partial charge < -0.3 is 24.9 Å². The summed E-state index contributed by atoms with van der Waals surface area (Å²) in [5.41, 5.74) is 15.8. The number of aliphatic hydroxyl groups is 2. The number of aromatic amines is 2. The van der Waals surface area contributed by atoms with Crippen molar-refractivity contribution in [3.05, 3.63) is 69.3 Å². The monoisotopic (exact) mass is 626 g/mol. The zero-order valence-electron chi connectivity index (χ0n) is 29.2. The molecule has 2 unspecified atom stereocenters. The number of ether oxygens (including phenoxy) is 1. The number of nitrogens with zero attached hydrogens (tertiary/aromatic N) is 2. The number of rotatable bonds is 12. The first-order chi connectivity index (χ1) is 22.3. The summed E-state index contributed by atoms with van der Waals surface area (Å²) in [6.07, 6.45) is 5.77. The molecule has 0 radical (unpaired) electrons. The Morgan fingerprint density at radius 1 is 0.674 bits per heavy atom. The van der Waals surface area contributed by atoms with E-state index in [9.17, 15) is 10.2 Å². The van der Waals surface area contributed by atoms with Crippen LogP contribution in [0.25, 0.3) is 33.2 Å². The molecule has 3 aromatic rings. The summed E-state index contributed by atoms with van der Waals surface area (Å²) in [7, 11) is 0. The van der Waals surface area contributed by atoms with Gasteiger partial charge in [-0.25, -0.2) is 4.98 Å². The summed E-state index contributed by atoms with van der Waals surface area (Å²) in [5, 5.41) is 20.0. The van der Waals surface area contributed by atoms with Gasteiger partial charge in [0.15, 0.2) is 0 Å². The molecule has 2 aliphatic rings. The molecule has 2 atom stereocenters.